The van der Waals surface area contributed by atoms with E-state index in [1.54, 1.807) is 0 Å². The van der Waals surface area contributed by atoms with Crippen molar-refractivity contribution in [1.29, 1.82) is 0 Å². The number of hydrogen-bond donors (Lipinski definition) is 1. The standard InChI is InChI=1S/C17H19N3O7/c1-2-3-4-8-18-13(21)10-27-14(22)9-19-16(23)11-6-5-7-12(20(25)26)15(11)17(19)24/h5-7H,2-4,8-10H2,1H3,(H,18,21). The number of nitrogens with one attached hydrogen (secondary N) is 1. The van der Waals surface area contributed by atoms with Gasteiger partial charge in [-0.15, -0.1) is 0 Å². The Labute approximate surface area is 154 Å². The van der Waals surface area contributed by atoms with Crippen molar-refractivity contribution >= 4 is 29.4 Å². The van der Waals surface area contributed by atoms with Gasteiger partial charge < -0.3 is 10.1 Å². The van der Waals surface area contributed by atoms with E-state index < -0.39 is 47.5 Å². The van der Waals surface area contributed by atoms with Gasteiger partial charge >= 0.3 is 5.97 Å². The van der Waals surface area contributed by atoms with Gasteiger partial charge in [0.25, 0.3) is 23.4 Å². The third-order valence-corrected chi connectivity index (χ3v) is 3.93. The number of hydrogen-bond acceptors (Lipinski definition) is 7. The van der Waals surface area contributed by atoms with Gasteiger partial charge in [-0.1, -0.05) is 25.8 Å². The summed E-state index contributed by atoms with van der Waals surface area (Å²) in [7, 11) is 0. The van der Waals surface area contributed by atoms with Gasteiger partial charge in [0, 0.05) is 12.6 Å². The van der Waals surface area contributed by atoms with Crippen LogP contribution in [0, 0.1) is 10.1 Å². The number of fused-ring (bicyclic) bond motifs is 1. The number of esters is 1. The first kappa shape index (κ1) is 20.0. The summed E-state index contributed by atoms with van der Waals surface area (Å²) in [6.45, 7) is 1.23. The van der Waals surface area contributed by atoms with Crippen LogP contribution in [0.2, 0.25) is 0 Å². The molecule has 0 radical (unpaired) electrons. The molecule has 1 aromatic carbocycles. The highest BCUT2D eigenvalue weighted by molar-refractivity contribution is 6.24. The highest BCUT2D eigenvalue weighted by Gasteiger charge is 2.41. The van der Waals surface area contributed by atoms with Crippen molar-refractivity contribution in [3.8, 4) is 0 Å². The van der Waals surface area contributed by atoms with E-state index in [0.29, 0.717) is 11.4 Å². The second kappa shape index (κ2) is 8.88. The normalized spacial score (nSPS) is 12.7. The average Bonchev–Trinajstić information content (AvgIpc) is 2.88. The van der Waals surface area contributed by atoms with E-state index in [9.17, 15) is 29.3 Å². The number of rotatable bonds is 9. The van der Waals surface area contributed by atoms with Gasteiger partial charge in [0.1, 0.15) is 12.1 Å². The summed E-state index contributed by atoms with van der Waals surface area (Å²) in [6, 6.07) is 3.67. The first-order chi connectivity index (χ1) is 12.9. The van der Waals surface area contributed by atoms with E-state index in [4.69, 9.17) is 4.74 Å². The van der Waals surface area contributed by atoms with Gasteiger partial charge in [0.05, 0.1) is 10.5 Å². The van der Waals surface area contributed by atoms with Crippen LogP contribution < -0.4 is 5.32 Å². The van der Waals surface area contributed by atoms with Gasteiger partial charge in [0.2, 0.25) is 0 Å². The lowest BCUT2D eigenvalue weighted by molar-refractivity contribution is -0.385. The molecule has 0 aromatic heterocycles. The minimum absolute atomic E-state index is 0.143. The molecule has 0 fully saturated rings. The highest BCUT2D eigenvalue weighted by atomic mass is 16.6. The third-order valence-electron chi connectivity index (χ3n) is 3.93. The molecule has 3 amide bonds. The van der Waals surface area contributed by atoms with Crippen molar-refractivity contribution in [3.05, 3.63) is 39.4 Å². The lowest BCUT2D eigenvalue weighted by Crippen LogP contribution is -2.37. The van der Waals surface area contributed by atoms with E-state index in [0.717, 1.165) is 25.3 Å². The summed E-state index contributed by atoms with van der Waals surface area (Å²) in [5, 5.41) is 13.6. The van der Waals surface area contributed by atoms with Crippen LogP contribution in [-0.2, 0) is 14.3 Å². The van der Waals surface area contributed by atoms with Crippen molar-refractivity contribution in [2.45, 2.75) is 26.2 Å². The predicted octanol–water partition coefficient (Wildman–Crippen LogP) is 1.04. The van der Waals surface area contributed by atoms with E-state index in [1.165, 1.54) is 12.1 Å². The predicted molar refractivity (Wildman–Crippen MR) is 92.0 cm³/mol. The van der Waals surface area contributed by atoms with Crippen LogP contribution in [0.25, 0.3) is 0 Å². The van der Waals surface area contributed by atoms with E-state index in [-0.39, 0.29) is 11.1 Å². The fourth-order valence-corrected chi connectivity index (χ4v) is 2.59. The number of nitrogens with zero attached hydrogens (tertiary/aromatic N) is 2. The molecule has 27 heavy (non-hydrogen) atoms. The second-order valence-electron chi connectivity index (χ2n) is 5.87. The van der Waals surface area contributed by atoms with Crippen LogP contribution in [0.4, 0.5) is 5.69 Å². The van der Waals surface area contributed by atoms with Crippen molar-refractivity contribution in [3.63, 3.8) is 0 Å². The fourth-order valence-electron chi connectivity index (χ4n) is 2.59. The van der Waals surface area contributed by atoms with Crippen LogP contribution in [0.3, 0.4) is 0 Å². The molecule has 1 heterocycles. The molecule has 10 nitrogen and oxygen atoms in total. The molecule has 1 aliphatic heterocycles. The molecule has 1 aromatic rings. The number of imide groups is 1. The zero-order valence-electron chi connectivity index (χ0n) is 14.7. The largest absolute Gasteiger partial charge is 0.454 e. The molecule has 2 rings (SSSR count). The van der Waals surface area contributed by atoms with Gasteiger partial charge in [-0.3, -0.25) is 34.2 Å². The molecule has 0 aliphatic carbocycles. The van der Waals surface area contributed by atoms with Crippen molar-refractivity contribution in [2.75, 3.05) is 19.7 Å². The minimum Gasteiger partial charge on any atom is -0.454 e. The molecule has 0 unspecified atom stereocenters. The fraction of sp³-hybridized carbons (Fsp3) is 0.412. The third kappa shape index (κ3) is 4.66. The number of carbonyl (C=O) groups is 4. The van der Waals surface area contributed by atoms with E-state index in [1.807, 2.05) is 6.92 Å². The maximum atomic E-state index is 12.3. The molecule has 10 heteroatoms. The highest BCUT2D eigenvalue weighted by Crippen LogP contribution is 2.30. The molecule has 0 spiro atoms. The van der Waals surface area contributed by atoms with Crippen molar-refractivity contribution < 1.29 is 28.8 Å². The SMILES string of the molecule is CCCCCNC(=O)COC(=O)CN1C(=O)c2cccc([N+](=O)[O-])c2C1=O. The van der Waals surface area contributed by atoms with Crippen LogP contribution >= 0.6 is 0 Å². The Morgan fingerprint density at radius 2 is 1.96 bits per heavy atom. The first-order valence-corrected chi connectivity index (χ1v) is 8.42. The molecule has 0 saturated carbocycles. The summed E-state index contributed by atoms with van der Waals surface area (Å²) < 4.78 is 4.77. The topological polar surface area (TPSA) is 136 Å². The number of unbranched alkanes of at least 4 members (excludes halogenated alkanes) is 2. The van der Waals surface area contributed by atoms with Crippen LogP contribution in [0.15, 0.2) is 18.2 Å². The van der Waals surface area contributed by atoms with Gasteiger partial charge in [0.15, 0.2) is 6.61 Å². The molecule has 0 atom stereocenters. The average molecular weight is 377 g/mol. The smallest absolute Gasteiger partial charge is 0.326 e. The van der Waals surface area contributed by atoms with Gasteiger partial charge in [-0.05, 0) is 12.5 Å². The minimum atomic E-state index is -0.962. The summed E-state index contributed by atoms with van der Waals surface area (Å²) in [4.78, 5) is 58.8. The summed E-state index contributed by atoms with van der Waals surface area (Å²) in [5.41, 5.74) is -1.00. The van der Waals surface area contributed by atoms with Gasteiger partial charge in [-0.25, -0.2) is 0 Å². The van der Waals surface area contributed by atoms with Crippen LogP contribution in [-0.4, -0.2) is 53.2 Å². The van der Waals surface area contributed by atoms with E-state index in [2.05, 4.69) is 5.32 Å². The maximum Gasteiger partial charge on any atom is 0.326 e. The van der Waals surface area contributed by atoms with Crippen LogP contribution in [0.5, 0.6) is 0 Å². The number of carbonyl (C=O) groups excluding carboxylic acids is 4. The Morgan fingerprint density at radius 1 is 1.22 bits per heavy atom. The monoisotopic (exact) mass is 377 g/mol. The summed E-state index contributed by atoms with van der Waals surface area (Å²) in [6.07, 6.45) is 2.78. The molecule has 144 valence electrons. The quantitative estimate of drug-likeness (QED) is 0.223. The number of amides is 3. The lowest BCUT2D eigenvalue weighted by atomic mass is 10.1. The Kier molecular flexibility index (Phi) is 6.58. The molecule has 0 bridgehead atoms. The molecular weight excluding hydrogens is 358 g/mol. The van der Waals surface area contributed by atoms with Crippen LogP contribution in [0.1, 0.15) is 46.9 Å². The lowest BCUT2D eigenvalue weighted by Gasteiger charge is -2.13. The number of nitro benzene ring substituents is 1. The van der Waals surface area contributed by atoms with E-state index >= 15 is 0 Å². The number of benzene rings is 1. The Bertz CT molecular complexity index is 791. The second-order valence-corrected chi connectivity index (χ2v) is 5.87. The summed E-state index contributed by atoms with van der Waals surface area (Å²) >= 11 is 0. The zero-order chi connectivity index (χ0) is 20.0. The summed E-state index contributed by atoms with van der Waals surface area (Å²) in [5.74, 6) is -3.21. The zero-order valence-corrected chi connectivity index (χ0v) is 14.7. The Balaban J connectivity index is 1.92. The molecular formula is C17H19N3O7. The molecule has 0 saturated heterocycles. The molecule has 1 aliphatic rings. The maximum absolute atomic E-state index is 12.3. The van der Waals surface area contributed by atoms with Gasteiger partial charge in [-0.2, -0.15) is 0 Å². The van der Waals surface area contributed by atoms with Crippen molar-refractivity contribution in [2.24, 2.45) is 0 Å². The molecule has 1 N–H and O–H groups in total. The van der Waals surface area contributed by atoms with Crippen molar-refractivity contribution in [1.82, 2.24) is 10.2 Å². The Morgan fingerprint density at radius 3 is 2.63 bits per heavy atom. The number of nitro groups is 1. The number of ether oxygens (including phenoxy) is 1. The Hall–Kier alpha value is -3.30. The first-order valence-electron chi connectivity index (χ1n) is 8.42.